The van der Waals surface area contributed by atoms with Crippen LogP contribution in [0.1, 0.15) is 13.8 Å². The number of hydrogen-bond acceptors (Lipinski definition) is 5. The smallest absolute Gasteiger partial charge is 0.480 e. The Morgan fingerprint density at radius 1 is 1.19 bits per heavy atom. The van der Waals surface area contributed by atoms with Gasteiger partial charge in [-0.15, -0.1) is 13.2 Å². The van der Waals surface area contributed by atoms with Gasteiger partial charge in [-0.3, -0.25) is 4.79 Å². The van der Waals surface area contributed by atoms with E-state index in [1.807, 2.05) is 4.72 Å². The van der Waals surface area contributed by atoms with Crippen LogP contribution in [-0.2, 0) is 19.6 Å². The summed E-state index contributed by atoms with van der Waals surface area (Å²) in [6, 6.07) is 3.37. The molecule has 1 aromatic rings. The van der Waals surface area contributed by atoms with Gasteiger partial charge >= 0.3 is 12.3 Å². The Labute approximate surface area is 147 Å². The van der Waals surface area contributed by atoms with E-state index in [9.17, 15) is 31.2 Å². The SMILES string of the molecule is CN(C(=O)CNS(=O)(=O)c1ccc(OC(F)(F)F)cc1)C(C)(C)C(=O)O. The molecule has 0 radical (unpaired) electrons. The third-order valence-corrected chi connectivity index (χ3v) is 4.93. The zero-order valence-electron chi connectivity index (χ0n) is 14.0. The maximum Gasteiger partial charge on any atom is 0.573 e. The first-order chi connectivity index (χ1) is 11.7. The molecular weight excluding hydrogens is 381 g/mol. The van der Waals surface area contributed by atoms with Crippen molar-refractivity contribution in [2.75, 3.05) is 13.6 Å². The van der Waals surface area contributed by atoms with Gasteiger partial charge in [0, 0.05) is 7.05 Å². The first kappa shape index (κ1) is 21.7. The van der Waals surface area contributed by atoms with Crippen LogP contribution < -0.4 is 9.46 Å². The van der Waals surface area contributed by atoms with Crippen molar-refractivity contribution in [1.82, 2.24) is 9.62 Å². The molecule has 0 saturated heterocycles. The molecule has 0 saturated carbocycles. The molecule has 1 rings (SSSR count). The second-order valence-corrected chi connectivity index (χ2v) is 7.43. The van der Waals surface area contributed by atoms with E-state index in [4.69, 9.17) is 5.11 Å². The number of amides is 1. The number of carbonyl (C=O) groups is 2. The van der Waals surface area contributed by atoms with Crippen molar-refractivity contribution in [1.29, 1.82) is 0 Å². The van der Waals surface area contributed by atoms with Crippen LogP contribution in [0.25, 0.3) is 0 Å². The lowest BCUT2D eigenvalue weighted by atomic mass is 10.0. The Morgan fingerprint density at radius 2 is 1.69 bits per heavy atom. The van der Waals surface area contributed by atoms with Crippen LogP contribution in [-0.4, -0.2) is 55.8 Å². The average Bonchev–Trinajstić information content (AvgIpc) is 2.50. The van der Waals surface area contributed by atoms with Crippen molar-refractivity contribution < 1.29 is 41.0 Å². The minimum Gasteiger partial charge on any atom is -0.480 e. The number of sulfonamides is 1. The minimum atomic E-state index is -4.91. The second-order valence-electron chi connectivity index (χ2n) is 5.66. The van der Waals surface area contributed by atoms with Crippen LogP contribution >= 0.6 is 0 Å². The summed E-state index contributed by atoms with van der Waals surface area (Å²) in [6.45, 7) is 1.80. The molecule has 1 amide bonds. The number of nitrogens with zero attached hydrogens (tertiary/aromatic N) is 1. The number of rotatable bonds is 7. The summed E-state index contributed by atoms with van der Waals surface area (Å²) in [5.74, 6) is -2.69. The van der Waals surface area contributed by atoms with E-state index in [2.05, 4.69) is 4.74 Å². The monoisotopic (exact) mass is 398 g/mol. The number of hydrogen-bond donors (Lipinski definition) is 2. The quantitative estimate of drug-likeness (QED) is 0.713. The van der Waals surface area contributed by atoms with Crippen molar-refractivity contribution in [3.05, 3.63) is 24.3 Å². The summed E-state index contributed by atoms with van der Waals surface area (Å²) in [5, 5.41) is 9.05. The van der Waals surface area contributed by atoms with Gasteiger partial charge in [0.15, 0.2) is 0 Å². The molecule has 0 aromatic heterocycles. The summed E-state index contributed by atoms with van der Waals surface area (Å²) in [7, 11) is -2.99. The second kappa shape index (κ2) is 7.50. The summed E-state index contributed by atoms with van der Waals surface area (Å²) >= 11 is 0. The maximum atomic E-state index is 12.1. The van der Waals surface area contributed by atoms with Gasteiger partial charge in [-0.1, -0.05) is 0 Å². The highest BCUT2D eigenvalue weighted by atomic mass is 32.2. The van der Waals surface area contributed by atoms with E-state index < -0.39 is 46.1 Å². The first-order valence-corrected chi connectivity index (χ1v) is 8.50. The Hall–Kier alpha value is -2.34. The molecule has 146 valence electrons. The van der Waals surface area contributed by atoms with E-state index >= 15 is 0 Å². The van der Waals surface area contributed by atoms with Crippen molar-refractivity contribution in [2.45, 2.75) is 30.6 Å². The van der Waals surface area contributed by atoms with Gasteiger partial charge < -0.3 is 14.7 Å². The highest BCUT2D eigenvalue weighted by Gasteiger charge is 2.35. The molecule has 12 heteroatoms. The summed E-state index contributed by atoms with van der Waals surface area (Å²) in [5.41, 5.74) is -1.56. The van der Waals surface area contributed by atoms with Crippen molar-refractivity contribution in [3.63, 3.8) is 0 Å². The molecular formula is C14H17F3N2O6S. The standard InChI is InChI=1S/C14H17F3N2O6S/c1-13(2,12(21)22)19(3)11(20)8-18-26(23,24)10-6-4-9(5-7-10)25-14(15,16)17/h4-7,18H,8H2,1-3H3,(H,21,22). The Kier molecular flexibility index (Phi) is 6.26. The number of halogens is 3. The predicted octanol–water partition coefficient (Wildman–Crippen LogP) is 1.19. The van der Waals surface area contributed by atoms with E-state index in [0.29, 0.717) is 0 Å². The van der Waals surface area contributed by atoms with E-state index in [1.165, 1.54) is 20.9 Å². The van der Waals surface area contributed by atoms with Crippen LogP contribution in [0.5, 0.6) is 5.75 Å². The van der Waals surface area contributed by atoms with E-state index in [-0.39, 0.29) is 4.90 Å². The lowest BCUT2D eigenvalue weighted by molar-refractivity contribution is -0.274. The Bertz CT molecular complexity index is 775. The van der Waals surface area contributed by atoms with Gasteiger partial charge in [0.25, 0.3) is 0 Å². The molecule has 0 aliphatic carbocycles. The van der Waals surface area contributed by atoms with Crippen molar-refractivity contribution in [3.8, 4) is 5.75 Å². The van der Waals surface area contributed by atoms with Gasteiger partial charge in [-0.25, -0.2) is 17.9 Å². The van der Waals surface area contributed by atoms with Crippen LogP contribution in [0.4, 0.5) is 13.2 Å². The largest absolute Gasteiger partial charge is 0.573 e. The van der Waals surface area contributed by atoms with Crippen molar-refractivity contribution >= 4 is 21.9 Å². The average molecular weight is 398 g/mol. The highest BCUT2D eigenvalue weighted by molar-refractivity contribution is 7.89. The highest BCUT2D eigenvalue weighted by Crippen LogP contribution is 2.23. The minimum absolute atomic E-state index is 0.389. The molecule has 0 bridgehead atoms. The summed E-state index contributed by atoms with van der Waals surface area (Å²) in [6.07, 6.45) is -4.91. The fourth-order valence-corrected chi connectivity index (χ4v) is 2.61. The molecule has 26 heavy (non-hydrogen) atoms. The molecule has 8 nitrogen and oxygen atoms in total. The Balaban J connectivity index is 2.81. The topological polar surface area (TPSA) is 113 Å². The number of carbonyl (C=O) groups excluding carboxylic acids is 1. The fraction of sp³-hybridized carbons (Fsp3) is 0.429. The van der Waals surface area contributed by atoms with Crippen molar-refractivity contribution in [2.24, 2.45) is 0 Å². The normalized spacial score (nSPS) is 12.5. The number of benzene rings is 1. The molecule has 0 spiro atoms. The lowest BCUT2D eigenvalue weighted by Crippen LogP contribution is -2.53. The number of carboxylic acid groups (broad SMARTS) is 1. The third kappa shape index (κ3) is 5.59. The van der Waals surface area contributed by atoms with Gasteiger partial charge in [-0.2, -0.15) is 0 Å². The van der Waals surface area contributed by atoms with Crippen LogP contribution in [0.15, 0.2) is 29.2 Å². The number of likely N-dealkylation sites (N-methyl/N-ethyl adjacent to an activating group) is 1. The first-order valence-electron chi connectivity index (χ1n) is 7.02. The van der Waals surface area contributed by atoms with Gasteiger partial charge in [0.1, 0.15) is 11.3 Å². The van der Waals surface area contributed by atoms with Gasteiger partial charge in [-0.05, 0) is 38.1 Å². The molecule has 0 atom stereocenters. The summed E-state index contributed by atoms with van der Waals surface area (Å²) in [4.78, 5) is 23.5. The van der Waals surface area contributed by atoms with Gasteiger partial charge in [0.05, 0.1) is 11.4 Å². The molecule has 0 fully saturated rings. The zero-order chi connectivity index (χ0) is 20.3. The fourth-order valence-electron chi connectivity index (χ4n) is 1.63. The maximum absolute atomic E-state index is 12.1. The number of ether oxygens (including phenoxy) is 1. The predicted molar refractivity (Wildman–Crippen MR) is 82.8 cm³/mol. The molecule has 0 aliphatic heterocycles. The molecule has 2 N–H and O–H groups in total. The van der Waals surface area contributed by atoms with Crippen LogP contribution in [0, 0.1) is 0 Å². The number of nitrogens with one attached hydrogen (secondary N) is 1. The lowest BCUT2D eigenvalue weighted by Gasteiger charge is -2.31. The van der Waals surface area contributed by atoms with E-state index in [1.54, 1.807) is 0 Å². The molecule has 0 aliphatic rings. The Morgan fingerprint density at radius 3 is 2.12 bits per heavy atom. The van der Waals surface area contributed by atoms with Gasteiger partial charge in [0.2, 0.25) is 15.9 Å². The number of alkyl halides is 3. The molecule has 0 unspecified atom stereocenters. The third-order valence-electron chi connectivity index (χ3n) is 3.52. The van der Waals surface area contributed by atoms with Crippen LogP contribution in [0.2, 0.25) is 0 Å². The molecule has 0 heterocycles. The van der Waals surface area contributed by atoms with E-state index in [0.717, 1.165) is 29.2 Å². The number of aliphatic carboxylic acids is 1. The molecule has 1 aromatic carbocycles. The zero-order valence-corrected chi connectivity index (χ0v) is 14.8. The number of carboxylic acids is 1. The van der Waals surface area contributed by atoms with Crippen LogP contribution in [0.3, 0.4) is 0 Å². The summed E-state index contributed by atoms with van der Waals surface area (Å²) < 4.78 is 66.0.